The summed E-state index contributed by atoms with van der Waals surface area (Å²) < 4.78 is 5.86. The van der Waals surface area contributed by atoms with E-state index in [9.17, 15) is 0 Å². The van der Waals surface area contributed by atoms with E-state index in [4.69, 9.17) is 4.74 Å². The monoisotopic (exact) mass is 358 g/mol. The van der Waals surface area contributed by atoms with Crippen molar-refractivity contribution in [3.63, 3.8) is 0 Å². The molecule has 27 heavy (non-hydrogen) atoms. The second-order valence-corrected chi connectivity index (χ2v) is 7.19. The van der Waals surface area contributed by atoms with E-state index >= 15 is 0 Å². The molecule has 3 aromatic carbocycles. The van der Waals surface area contributed by atoms with Crippen molar-refractivity contribution >= 4 is 5.69 Å². The zero-order valence-electron chi connectivity index (χ0n) is 15.5. The summed E-state index contributed by atoms with van der Waals surface area (Å²) in [5.41, 5.74) is 2.57. The van der Waals surface area contributed by atoms with Gasteiger partial charge in [-0.2, -0.15) is 0 Å². The third-order valence-electron chi connectivity index (χ3n) is 5.22. The van der Waals surface area contributed by atoms with Crippen molar-refractivity contribution in [3.8, 4) is 11.5 Å². The molecule has 3 nitrogen and oxygen atoms in total. The van der Waals surface area contributed by atoms with Gasteiger partial charge in [0.25, 0.3) is 0 Å². The smallest absolute Gasteiger partial charge is 0.127 e. The molecule has 1 aliphatic heterocycles. The average molecular weight is 358 g/mol. The average Bonchev–Trinajstić information content (AvgIpc) is 3.16. The highest BCUT2D eigenvalue weighted by molar-refractivity contribution is 5.47. The van der Waals surface area contributed by atoms with Crippen LogP contribution in [0.15, 0.2) is 84.9 Å². The summed E-state index contributed by atoms with van der Waals surface area (Å²) in [6.07, 6.45) is 1.14. The number of rotatable bonds is 7. The van der Waals surface area contributed by atoms with Gasteiger partial charge in [0.15, 0.2) is 0 Å². The number of nitrogens with one attached hydrogen (secondary N) is 2. The van der Waals surface area contributed by atoms with Gasteiger partial charge in [0, 0.05) is 12.2 Å². The molecule has 0 radical (unpaired) electrons. The zero-order chi connectivity index (χ0) is 18.3. The highest BCUT2D eigenvalue weighted by Gasteiger charge is 2.26. The third kappa shape index (κ3) is 4.89. The first kappa shape index (κ1) is 17.6. The summed E-state index contributed by atoms with van der Waals surface area (Å²) in [4.78, 5) is 0. The van der Waals surface area contributed by atoms with Crippen LogP contribution in [-0.4, -0.2) is 19.6 Å². The quantitative estimate of drug-likeness (QED) is 0.626. The first-order valence-corrected chi connectivity index (χ1v) is 9.68. The van der Waals surface area contributed by atoms with Crippen LogP contribution < -0.4 is 15.4 Å². The van der Waals surface area contributed by atoms with Crippen LogP contribution in [0.5, 0.6) is 11.5 Å². The molecule has 1 saturated heterocycles. The number of anilines is 1. The van der Waals surface area contributed by atoms with Crippen LogP contribution in [0.2, 0.25) is 0 Å². The van der Waals surface area contributed by atoms with Crippen molar-refractivity contribution in [2.75, 3.05) is 25.0 Å². The maximum atomic E-state index is 5.86. The topological polar surface area (TPSA) is 33.3 Å². The van der Waals surface area contributed by atoms with E-state index in [1.165, 1.54) is 5.56 Å². The summed E-state index contributed by atoms with van der Waals surface area (Å²) in [6, 6.07) is 28.9. The Morgan fingerprint density at radius 1 is 0.741 bits per heavy atom. The predicted octanol–water partition coefficient (Wildman–Crippen LogP) is 4.97. The Morgan fingerprint density at radius 2 is 1.37 bits per heavy atom. The van der Waals surface area contributed by atoms with E-state index in [-0.39, 0.29) is 0 Å². The van der Waals surface area contributed by atoms with Gasteiger partial charge in [-0.05, 0) is 73.3 Å². The summed E-state index contributed by atoms with van der Waals surface area (Å²) in [5, 5.41) is 7.15. The third-order valence-corrected chi connectivity index (χ3v) is 5.22. The van der Waals surface area contributed by atoms with Gasteiger partial charge in [-0.3, -0.25) is 0 Å². The molecule has 0 saturated carbocycles. The van der Waals surface area contributed by atoms with E-state index in [1.807, 2.05) is 42.5 Å². The lowest BCUT2D eigenvalue weighted by atomic mass is 9.89. The summed E-state index contributed by atoms with van der Waals surface area (Å²) in [7, 11) is 0. The molecule has 3 aromatic rings. The Bertz CT molecular complexity index is 818. The number of benzene rings is 3. The Balaban J connectivity index is 1.30. The number of hydrogen-bond donors (Lipinski definition) is 2. The summed E-state index contributed by atoms with van der Waals surface area (Å²) in [5.74, 6) is 3.04. The second kappa shape index (κ2) is 8.74. The first-order chi connectivity index (χ1) is 13.4. The Hall–Kier alpha value is -2.78. The fourth-order valence-electron chi connectivity index (χ4n) is 3.70. The summed E-state index contributed by atoms with van der Waals surface area (Å²) in [6.45, 7) is 3.17. The van der Waals surface area contributed by atoms with Gasteiger partial charge in [0.05, 0.1) is 0 Å². The fraction of sp³-hybridized carbons (Fsp3) is 0.250. The van der Waals surface area contributed by atoms with Gasteiger partial charge in [-0.25, -0.2) is 0 Å². The molecular formula is C24H26N2O. The molecule has 4 rings (SSSR count). The van der Waals surface area contributed by atoms with E-state index in [1.54, 1.807) is 0 Å². The van der Waals surface area contributed by atoms with Gasteiger partial charge < -0.3 is 15.4 Å². The fourth-order valence-corrected chi connectivity index (χ4v) is 3.70. The Kier molecular flexibility index (Phi) is 5.70. The zero-order valence-corrected chi connectivity index (χ0v) is 15.5. The highest BCUT2D eigenvalue weighted by atomic mass is 16.5. The molecular weight excluding hydrogens is 332 g/mol. The first-order valence-electron chi connectivity index (χ1n) is 9.68. The van der Waals surface area contributed by atoms with Gasteiger partial charge in [0.1, 0.15) is 11.5 Å². The van der Waals surface area contributed by atoms with Crippen LogP contribution in [0.1, 0.15) is 5.56 Å². The second-order valence-electron chi connectivity index (χ2n) is 7.19. The van der Waals surface area contributed by atoms with E-state index in [2.05, 4.69) is 53.1 Å². The number of para-hydroxylation sites is 1. The van der Waals surface area contributed by atoms with E-state index < -0.39 is 0 Å². The molecule has 2 N–H and O–H groups in total. The molecule has 1 aliphatic rings. The maximum Gasteiger partial charge on any atom is 0.127 e. The minimum atomic E-state index is 0.644. The normalized spacial score (nSPS) is 19.0. The summed E-state index contributed by atoms with van der Waals surface area (Å²) >= 11 is 0. The van der Waals surface area contributed by atoms with Gasteiger partial charge in [-0.1, -0.05) is 48.5 Å². The lowest BCUT2D eigenvalue weighted by Gasteiger charge is -2.20. The molecule has 0 aliphatic carbocycles. The molecule has 0 bridgehead atoms. The molecule has 2 atom stereocenters. The molecule has 1 heterocycles. The lowest BCUT2D eigenvalue weighted by Crippen LogP contribution is -2.23. The minimum Gasteiger partial charge on any atom is -0.457 e. The van der Waals surface area contributed by atoms with Crippen LogP contribution in [0.25, 0.3) is 0 Å². The largest absolute Gasteiger partial charge is 0.457 e. The van der Waals surface area contributed by atoms with Gasteiger partial charge >= 0.3 is 0 Å². The molecule has 3 heteroatoms. The molecule has 0 amide bonds. The van der Waals surface area contributed by atoms with Crippen molar-refractivity contribution in [2.45, 2.75) is 6.42 Å². The SMILES string of the molecule is c1ccc(C[C@H]2CNC[C@H]2CNc2ccc(Oc3ccccc3)cc2)cc1. The lowest BCUT2D eigenvalue weighted by molar-refractivity contribution is 0.435. The van der Waals surface area contributed by atoms with Crippen LogP contribution in [0, 0.1) is 11.8 Å². The minimum absolute atomic E-state index is 0.644. The predicted molar refractivity (Wildman–Crippen MR) is 111 cm³/mol. The maximum absolute atomic E-state index is 5.86. The van der Waals surface area contributed by atoms with Crippen molar-refractivity contribution in [2.24, 2.45) is 11.8 Å². The van der Waals surface area contributed by atoms with Crippen molar-refractivity contribution in [1.82, 2.24) is 5.32 Å². The van der Waals surface area contributed by atoms with Gasteiger partial charge in [-0.15, -0.1) is 0 Å². The van der Waals surface area contributed by atoms with Crippen molar-refractivity contribution in [1.29, 1.82) is 0 Å². The van der Waals surface area contributed by atoms with Crippen LogP contribution in [-0.2, 0) is 6.42 Å². The molecule has 0 unspecified atom stereocenters. The van der Waals surface area contributed by atoms with Crippen LogP contribution in [0.3, 0.4) is 0 Å². The number of hydrogen-bond acceptors (Lipinski definition) is 3. The molecule has 0 spiro atoms. The Labute approximate surface area is 161 Å². The molecule has 1 fully saturated rings. The Morgan fingerprint density at radius 3 is 2.11 bits per heavy atom. The van der Waals surface area contributed by atoms with E-state index in [0.717, 1.165) is 43.2 Å². The number of ether oxygens (including phenoxy) is 1. The highest BCUT2D eigenvalue weighted by Crippen LogP contribution is 2.25. The van der Waals surface area contributed by atoms with Crippen LogP contribution in [0.4, 0.5) is 5.69 Å². The van der Waals surface area contributed by atoms with Crippen molar-refractivity contribution in [3.05, 3.63) is 90.5 Å². The van der Waals surface area contributed by atoms with E-state index in [0.29, 0.717) is 11.8 Å². The molecule has 0 aromatic heterocycles. The van der Waals surface area contributed by atoms with Gasteiger partial charge in [0.2, 0.25) is 0 Å². The molecule has 138 valence electrons. The van der Waals surface area contributed by atoms with Crippen molar-refractivity contribution < 1.29 is 4.74 Å². The standard InChI is InChI=1S/C24H26N2O/c1-3-7-19(8-4-1)15-20-16-25-17-21(20)18-26-22-11-13-24(14-12-22)27-23-9-5-2-6-10-23/h1-14,20-21,25-26H,15-18H2/t20-,21-/m0/s1. The van der Waals surface area contributed by atoms with Crippen LogP contribution >= 0.6 is 0 Å².